The van der Waals surface area contributed by atoms with E-state index >= 15 is 0 Å². The van der Waals surface area contributed by atoms with Crippen LogP contribution in [0.4, 0.5) is 0 Å². The van der Waals surface area contributed by atoms with Gasteiger partial charge in [-0.2, -0.15) is 0 Å². The molecule has 29 heavy (non-hydrogen) atoms. The molecule has 0 aliphatic carbocycles. The molecule has 3 rings (SSSR count). The molecule has 156 valence electrons. The van der Waals surface area contributed by atoms with Crippen LogP contribution in [0.2, 0.25) is 0 Å². The second-order valence-corrected chi connectivity index (χ2v) is 7.66. The third-order valence-corrected chi connectivity index (χ3v) is 5.76. The van der Waals surface area contributed by atoms with Gasteiger partial charge in [-0.25, -0.2) is 0 Å². The first-order chi connectivity index (χ1) is 14.1. The Morgan fingerprint density at radius 2 is 1.66 bits per heavy atom. The molecule has 1 aliphatic rings. The second kappa shape index (κ2) is 10.4. The van der Waals surface area contributed by atoms with Crippen molar-refractivity contribution in [1.82, 2.24) is 9.80 Å². The number of ether oxygens (including phenoxy) is 2. The van der Waals surface area contributed by atoms with E-state index in [-0.39, 0.29) is 5.78 Å². The zero-order chi connectivity index (χ0) is 20.6. The highest BCUT2D eigenvalue weighted by atomic mass is 16.5. The largest absolute Gasteiger partial charge is 0.493 e. The predicted octanol–water partition coefficient (Wildman–Crippen LogP) is 3.53. The van der Waals surface area contributed by atoms with E-state index in [1.54, 1.807) is 26.4 Å². The molecule has 2 aromatic rings. The van der Waals surface area contributed by atoms with Crippen molar-refractivity contribution in [1.29, 1.82) is 0 Å². The van der Waals surface area contributed by atoms with Crippen LogP contribution in [0.25, 0.3) is 0 Å². The molecular formula is C24H32N2O3. The molecule has 2 aromatic carbocycles. The van der Waals surface area contributed by atoms with Gasteiger partial charge in [-0.15, -0.1) is 0 Å². The summed E-state index contributed by atoms with van der Waals surface area (Å²) in [6.07, 6.45) is 1.60. The first-order valence-electron chi connectivity index (χ1n) is 10.4. The van der Waals surface area contributed by atoms with E-state index in [9.17, 15) is 4.79 Å². The van der Waals surface area contributed by atoms with Crippen molar-refractivity contribution in [2.24, 2.45) is 0 Å². The lowest BCUT2D eigenvalue weighted by Crippen LogP contribution is -2.50. The van der Waals surface area contributed by atoms with Gasteiger partial charge in [0, 0.05) is 50.7 Å². The quantitative estimate of drug-likeness (QED) is 0.607. The van der Waals surface area contributed by atoms with Gasteiger partial charge in [0.15, 0.2) is 17.3 Å². The number of ketones is 1. The Labute approximate surface area is 174 Å². The molecule has 1 atom stereocenters. The third-order valence-electron chi connectivity index (χ3n) is 5.76. The molecular weight excluding hydrogens is 364 g/mol. The lowest BCUT2D eigenvalue weighted by molar-refractivity contribution is 0.0871. The molecule has 0 N–H and O–H groups in total. The number of methoxy groups -OCH3 is 2. The van der Waals surface area contributed by atoms with Crippen molar-refractivity contribution in [2.45, 2.75) is 25.8 Å². The zero-order valence-electron chi connectivity index (χ0n) is 17.8. The molecule has 5 heteroatoms. The Hall–Kier alpha value is -2.37. The summed E-state index contributed by atoms with van der Waals surface area (Å²) in [5.41, 5.74) is 2.07. The Balaban J connectivity index is 1.44. The number of nitrogens with zero attached hydrogens (tertiary/aromatic N) is 2. The Morgan fingerprint density at radius 1 is 0.966 bits per heavy atom. The smallest absolute Gasteiger partial charge is 0.164 e. The van der Waals surface area contributed by atoms with Crippen molar-refractivity contribution in [3.8, 4) is 11.5 Å². The molecule has 0 bridgehead atoms. The van der Waals surface area contributed by atoms with Crippen LogP contribution in [-0.4, -0.2) is 68.6 Å². The highest BCUT2D eigenvalue weighted by Gasteiger charge is 2.22. The van der Waals surface area contributed by atoms with Crippen molar-refractivity contribution in [3.63, 3.8) is 0 Å². The molecule has 0 saturated carbocycles. The molecule has 1 heterocycles. The summed E-state index contributed by atoms with van der Waals surface area (Å²) in [7, 11) is 3.18. The fourth-order valence-corrected chi connectivity index (χ4v) is 3.93. The minimum atomic E-state index is 0.144. The van der Waals surface area contributed by atoms with Gasteiger partial charge >= 0.3 is 0 Å². The first-order valence-corrected chi connectivity index (χ1v) is 10.4. The maximum atomic E-state index is 12.6. The summed E-state index contributed by atoms with van der Waals surface area (Å²) in [5.74, 6) is 1.38. The van der Waals surface area contributed by atoms with E-state index < -0.39 is 0 Å². The van der Waals surface area contributed by atoms with E-state index in [0.29, 0.717) is 29.5 Å². The van der Waals surface area contributed by atoms with Gasteiger partial charge in [0.25, 0.3) is 0 Å². The van der Waals surface area contributed by atoms with Gasteiger partial charge < -0.3 is 14.4 Å². The summed E-state index contributed by atoms with van der Waals surface area (Å²) in [5, 5.41) is 0. The Kier molecular flexibility index (Phi) is 7.67. The van der Waals surface area contributed by atoms with E-state index in [4.69, 9.17) is 9.47 Å². The predicted molar refractivity (Wildman–Crippen MR) is 116 cm³/mol. The van der Waals surface area contributed by atoms with Crippen molar-refractivity contribution in [3.05, 3.63) is 59.7 Å². The molecule has 1 saturated heterocycles. The van der Waals surface area contributed by atoms with Crippen molar-refractivity contribution < 1.29 is 14.3 Å². The highest BCUT2D eigenvalue weighted by Crippen LogP contribution is 2.28. The average molecular weight is 397 g/mol. The average Bonchev–Trinajstić information content (AvgIpc) is 2.78. The van der Waals surface area contributed by atoms with Crippen LogP contribution in [0.1, 0.15) is 29.3 Å². The van der Waals surface area contributed by atoms with E-state index in [0.717, 1.165) is 39.1 Å². The van der Waals surface area contributed by atoms with E-state index in [1.807, 2.05) is 6.07 Å². The van der Waals surface area contributed by atoms with Gasteiger partial charge in [-0.05, 0) is 37.1 Å². The van der Waals surface area contributed by atoms with Gasteiger partial charge in [0.1, 0.15) is 0 Å². The number of carbonyl (C=O) groups is 1. The molecule has 1 unspecified atom stereocenters. The number of rotatable bonds is 9. The van der Waals surface area contributed by atoms with Crippen molar-refractivity contribution in [2.75, 3.05) is 46.9 Å². The van der Waals surface area contributed by atoms with Crippen LogP contribution in [0, 0.1) is 0 Å². The van der Waals surface area contributed by atoms with Gasteiger partial charge in [-0.1, -0.05) is 30.3 Å². The van der Waals surface area contributed by atoms with E-state index in [1.165, 1.54) is 5.56 Å². The summed E-state index contributed by atoms with van der Waals surface area (Å²) in [6.45, 7) is 7.24. The fraction of sp³-hybridized carbons (Fsp3) is 0.458. The summed E-state index contributed by atoms with van der Waals surface area (Å²) in [4.78, 5) is 17.5. The van der Waals surface area contributed by atoms with Gasteiger partial charge in [-0.3, -0.25) is 9.69 Å². The first kappa shape index (κ1) is 21.3. The summed E-state index contributed by atoms with van der Waals surface area (Å²) in [6, 6.07) is 16.6. The third kappa shape index (κ3) is 5.81. The van der Waals surface area contributed by atoms with Crippen LogP contribution in [0.3, 0.4) is 0 Å². The SMILES string of the molecule is COc1ccc(C(=O)CCN2CCN(C(C)Cc3ccccc3)CC2)cc1OC. The number of carbonyl (C=O) groups excluding carboxylic acids is 1. The zero-order valence-corrected chi connectivity index (χ0v) is 17.8. The molecule has 5 nitrogen and oxygen atoms in total. The van der Waals surface area contributed by atoms with Gasteiger partial charge in [0.2, 0.25) is 0 Å². The fourth-order valence-electron chi connectivity index (χ4n) is 3.93. The Bertz CT molecular complexity index is 786. The topological polar surface area (TPSA) is 42.0 Å². The van der Waals surface area contributed by atoms with Gasteiger partial charge in [0.05, 0.1) is 14.2 Å². The lowest BCUT2D eigenvalue weighted by atomic mass is 10.0. The number of benzene rings is 2. The Morgan fingerprint density at radius 3 is 2.31 bits per heavy atom. The van der Waals surface area contributed by atoms with Crippen molar-refractivity contribution >= 4 is 5.78 Å². The van der Waals surface area contributed by atoms with E-state index in [2.05, 4.69) is 47.1 Å². The molecule has 0 amide bonds. The molecule has 1 fully saturated rings. The van der Waals surface area contributed by atoms with Crippen LogP contribution >= 0.6 is 0 Å². The minimum absolute atomic E-state index is 0.144. The molecule has 0 aromatic heterocycles. The molecule has 0 radical (unpaired) electrons. The number of hydrogen-bond acceptors (Lipinski definition) is 5. The number of piperazine rings is 1. The molecule has 1 aliphatic heterocycles. The van der Waals surface area contributed by atoms with Crippen LogP contribution < -0.4 is 9.47 Å². The van der Waals surface area contributed by atoms with Crippen LogP contribution in [0.15, 0.2) is 48.5 Å². The maximum Gasteiger partial charge on any atom is 0.164 e. The minimum Gasteiger partial charge on any atom is -0.493 e. The summed E-state index contributed by atoms with van der Waals surface area (Å²) >= 11 is 0. The monoisotopic (exact) mass is 396 g/mol. The van der Waals surface area contributed by atoms with Crippen LogP contribution in [-0.2, 0) is 6.42 Å². The summed E-state index contributed by atoms with van der Waals surface area (Å²) < 4.78 is 10.5. The number of Topliss-reactive ketones (excluding diaryl/α,β-unsaturated/α-hetero) is 1. The normalized spacial score (nSPS) is 16.4. The number of hydrogen-bond donors (Lipinski definition) is 0. The molecule has 0 spiro atoms. The second-order valence-electron chi connectivity index (χ2n) is 7.66. The maximum absolute atomic E-state index is 12.6. The highest BCUT2D eigenvalue weighted by molar-refractivity contribution is 5.96. The van der Waals surface area contributed by atoms with Crippen LogP contribution in [0.5, 0.6) is 11.5 Å². The lowest BCUT2D eigenvalue weighted by Gasteiger charge is -2.38. The standard InChI is InChI=1S/C24H32N2O3/c1-19(17-20-7-5-4-6-8-20)26-15-13-25(14-16-26)12-11-22(27)21-9-10-23(28-2)24(18-21)29-3/h4-10,18-19H,11-17H2,1-3H3.